The van der Waals surface area contributed by atoms with E-state index < -0.39 is 0 Å². The second-order valence-corrected chi connectivity index (χ2v) is 7.47. The number of carbonyl (C=O) groups excluding carboxylic acids is 1. The minimum absolute atomic E-state index is 0.0154. The zero-order valence-electron chi connectivity index (χ0n) is 17.9. The fraction of sp³-hybridized carbons (Fsp3) is 0.333. The number of thiocarbonyl (C=S) groups is 1. The lowest BCUT2D eigenvalue weighted by Gasteiger charge is -2.37. The Hall–Kier alpha value is -2.86. The van der Waals surface area contributed by atoms with Crippen molar-refractivity contribution in [1.29, 1.82) is 0 Å². The van der Waals surface area contributed by atoms with E-state index in [-0.39, 0.29) is 11.8 Å². The molecule has 0 amide bonds. The molecule has 0 bridgehead atoms. The SMILES string of the molecule is CCCOc1cc(C2NC(=S)N(CC)C(C)=C2C(=O)c2ccccc2)ccc1OC. The van der Waals surface area contributed by atoms with Gasteiger partial charge in [0.1, 0.15) is 0 Å². The lowest BCUT2D eigenvalue weighted by Crippen LogP contribution is -2.47. The van der Waals surface area contributed by atoms with Crippen molar-refractivity contribution in [3.05, 3.63) is 70.9 Å². The molecule has 5 nitrogen and oxygen atoms in total. The zero-order valence-corrected chi connectivity index (χ0v) is 18.7. The number of nitrogens with zero attached hydrogens (tertiary/aromatic N) is 1. The van der Waals surface area contributed by atoms with Crippen LogP contribution >= 0.6 is 12.2 Å². The highest BCUT2D eigenvalue weighted by molar-refractivity contribution is 7.80. The van der Waals surface area contributed by atoms with Crippen LogP contribution in [0.4, 0.5) is 0 Å². The first-order valence-corrected chi connectivity index (χ1v) is 10.6. The molecule has 1 atom stereocenters. The Kier molecular flexibility index (Phi) is 7.11. The molecule has 1 unspecified atom stereocenters. The van der Waals surface area contributed by atoms with Crippen LogP contribution in [0, 0.1) is 0 Å². The van der Waals surface area contributed by atoms with Crippen LogP contribution in [0.5, 0.6) is 11.5 Å². The van der Waals surface area contributed by atoms with Crippen molar-refractivity contribution in [2.75, 3.05) is 20.3 Å². The molecule has 158 valence electrons. The highest BCUT2D eigenvalue weighted by Crippen LogP contribution is 2.37. The van der Waals surface area contributed by atoms with Crippen LogP contribution < -0.4 is 14.8 Å². The van der Waals surface area contributed by atoms with Gasteiger partial charge in [-0.05, 0) is 50.2 Å². The number of ether oxygens (including phenoxy) is 2. The van der Waals surface area contributed by atoms with Gasteiger partial charge >= 0.3 is 0 Å². The van der Waals surface area contributed by atoms with Gasteiger partial charge in [-0.15, -0.1) is 0 Å². The minimum Gasteiger partial charge on any atom is -0.493 e. The molecule has 2 aromatic rings. The van der Waals surface area contributed by atoms with Crippen molar-refractivity contribution in [2.24, 2.45) is 0 Å². The quantitative estimate of drug-likeness (QED) is 0.481. The number of carbonyl (C=O) groups is 1. The molecular weight excluding hydrogens is 396 g/mol. The number of rotatable bonds is 8. The Balaban J connectivity index is 2.10. The number of methoxy groups -OCH3 is 1. The van der Waals surface area contributed by atoms with Crippen LogP contribution in [0.3, 0.4) is 0 Å². The molecule has 6 heteroatoms. The molecule has 0 aromatic heterocycles. The standard InChI is InChI=1S/C24H28N2O3S/c1-5-14-29-20-15-18(12-13-19(20)28-4)22-21(16(3)26(6-2)24(30)25-22)23(27)17-10-8-7-9-11-17/h7-13,15,22H,5-6,14H2,1-4H3,(H,25,30). The van der Waals surface area contributed by atoms with E-state index in [9.17, 15) is 4.79 Å². The number of allylic oxidation sites excluding steroid dienone is 1. The van der Waals surface area contributed by atoms with Gasteiger partial charge in [0.25, 0.3) is 0 Å². The van der Waals surface area contributed by atoms with Crippen molar-refractivity contribution in [3.63, 3.8) is 0 Å². The average Bonchev–Trinajstić information content (AvgIpc) is 2.77. The van der Waals surface area contributed by atoms with Crippen LogP contribution in [0.2, 0.25) is 0 Å². The first-order valence-electron chi connectivity index (χ1n) is 10.2. The summed E-state index contributed by atoms with van der Waals surface area (Å²) >= 11 is 5.60. The van der Waals surface area contributed by atoms with Gasteiger partial charge < -0.3 is 19.7 Å². The van der Waals surface area contributed by atoms with Crippen LogP contribution in [-0.4, -0.2) is 36.1 Å². The summed E-state index contributed by atoms with van der Waals surface area (Å²) in [5.41, 5.74) is 3.10. The van der Waals surface area contributed by atoms with Crippen LogP contribution in [0.1, 0.15) is 49.2 Å². The van der Waals surface area contributed by atoms with Crippen molar-refractivity contribution >= 4 is 23.1 Å². The van der Waals surface area contributed by atoms with E-state index in [2.05, 4.69) is 12.2 Å². The molecule has 3 rings (SSSR count). The molecule has 1 N–H and O–H groups in total. The van der Waals surface area contributed by atoms with Gasteiger partial charge in [0.15, 0.2) is 22.4 Å². The van der Waals surface area contributed by atoms with E-state index >= 15 is 0 Å². The van der Waals surface area contributed by atoms with E-state index in [1.165, 1.54) is 0 Å². The molecule has 0 aliphatic carbocycles. The van der Waals surface area contributed by atoms with Crippen molar-refractivity contribution in [2.45, 2.75) is 33.2 Å². The summed E-state index contributed by atoms with van der Waals surface area (Å²) in [6.45, 7) is 7.30. The van der Waals surface area contributed by atoms with Gasteiger partial charge in [-0.2, -0.15) is 0 Å². The molecule has 0 radical (unpaired) electrons. The fourth-order valence-corrected chi connectivity index (χ4v) is 4.03. The summed E-state index contributed by atoms with van der Waals surface area (Å²) in [4.78, 5) is 15.5. The van der Waals surface area contributed by atoms with E-state index in [4.69, 9.17) is 21.7 Å². The minimum atomic E-state index is -0.372. The number of hydrogen-bond donors (Lipinski definition) is 1. The second kappa shape index (κ2) is 9.76. The largest absolute Gasteiger partial charge is 0.493 e. The van der Waals surface area contributed by atoms with Crippen molar-refractivity contribution < 1.29 is 14.3 Å². The first-order chi connectivity index (χ1) is 14.5. The fourth-order valence-electron chi connectivity index (χ4n) is 3.65. The molecule has 1 aliphatic rings. The van der Waals surface area contributed by atoms with Gasteiger partial charge in [-0.25, -0.2) is 0 Å². The maximum Gasteiger partial charge on any atom is 0.193 e. The number of ketones is 1. The molecule has 1 heterocycles. The maximum atomic E-state index is 13.5. The smallest absolute Gasteiger partial charge is 0.193 e. The number of nitrogens with one attached hydrogen (secondary N) is 1. The second-order valence-electron chi connectivity index (χ2n) is 7.08. The van der Waals surface area contributed by atoms with Gasteiger partial charge in [-0.3, -0.25) is 4.79 Å². The third-order valence-electron chi connectivity index (χ3n) is 5.18. The molecule has 0 saturated carbocycles. The number of hydrogen-bond acceptors (Lipinski definition) is 4. The molecule has 0 spiro atoms. The molecular formula is C24H28N2O3S. The van der Waals surface area contributed by atoms with E-state index in [0.29, 0.717) is 40.9 Å². The summed E-state index contributed by atoms with van der Waals surface area (Å²) in [5.74, 6) is 1.31. The first kappa shape index (κ1) is 21.8. The van der Waals surface area contributed by atoms with E-state index in [0.717, 1.165) is 17.7 Å². The molecule has 1 aliphatic heterocycles. The predicted molar refractivity (Wildman–Crippen MR) is 123 cm³/mol. The van der Waals surface area contributed by atoms with Gasteiger partial charge in [-0.1, -0.05) is 43.3 Å². The highest BCUT2D eigenvalue weighted by atomic mass is 32.1. The summed E-state index contributed by atoms with van der Waals surface area (Å²) in [7, 11) is 1.62. The van der Waals surface area contributed by atoms with Crippen LogP contribution in [-0.2, 0) is 0 Å². The Morgan fingerprint density at radius 3 is 2.50 bits per heavy atom. The summed E-state index contributed by atoms with van der Waals surface area (Å²) in [6, 6.07) is 14.7. The zero-order chi connectivity index (χ0) is 21.7. The summed E-state index contributed by atoms with van der Waals surface area (Å²) in [5, 5.41) is 3.98. The normalized spacial score (nSPS) is 16.3. The number of Topliss-reactive ketones (excluding diaryl/α,β-unsaturated/α-hetero) is 1. The third kappa shape index (κ3) is 4.33. The van der Waals surface area contributed by atoms with E-state index in [1.54, 1.807) is 7.11 Å². The molecule has 0 fully saturated rings. The topological polar surface area (TPSA) is 50.8 Å². The Bertz CT molecular complexity index is 956. The predicted octanol–water partition coefficient (Wildman–Crippen LogP) is 4.89. The van der Waals surface area contributed by atoms with E-state index in [1.807, 2.05) is 67.3 Å². The Labute approximate surface area is 183 Å². The van der Waals surface area contributed by atoms with Gasteiger partial charge in [0.2, 0.25) is 0 Å². The lowest BCUT2D eigenvalue weighted by atomic mass is 9.89. The van der Waals surface area contributed by atoms with Gasteiger partial charge in [0.05, 0.1) is 19.8 Å². The van der Waals surface area contributed by atoms with Gasteiger partial charge in [0, 0.05) is 23.4 Å². The van der Waals surface area contributed by atoms with Crippen molar-refractivity contribution in [3.8, 4) is 11.5 Å². The number of benzene rings is 2. The molecule has 0 saturated heterocycles. The monoisotopic (exact) mass is 424 g/mol. The molecule has 2 aromatic carbocycles. The average molecular weight is 425 g/mol. The van der Waals surface area contributed by atoms with Crippen molar-refractivity contribution in [1.82, 2.24) is 10.2 Å². The van der Waals surface area contributed by atoms with Crippen LogP contribution in [0.15, 0.2) is 59.8 Å². The molecule has 30 heavy (non-hydrogen) atoms. The van der Waals surface area contributed by atoms with Crippen LogP contribution in [0.25, 0.3) is 0 Å². The Morgan fingerprint density at radius 1 is 1.13 bits per heavy atom. The Morgan fingerprint density at radius 2 is 1.87 bits per heavy atom. The summed E-state index contributed by atoms with van der Waals surface area (Å²) < 4.78 is 11.3. The third-order valence-corrected chi connectivity index (χ3v) is 5.51. The maximum absolute atomic E-state index is 13.5. The summed E-state index contributed by atoms with van der Waals surface area (Å²) in [6.07, 6.45) is 0.890. The lowest BCUT2D eigenvalue weighted by molar-refractivity contribution is 0.102. The highest BCUT2D eigenvalue weighted by Gasteiger charge is 2.34.